The third-order valence-electron chi connectivity index (χ3n) is 12.0. The molecule has 0 radical (unpaired) electrons. The number of hydrogen-bond donors (Lipinski definition) is 1. The van der Waals surface area contributed by atoms with E-state index in [9.17, 15) is 0 Å². The predicted octanol–water partition coefficient (Wildman–Crippen LogP) is 14.4. The van der Waals surface area contributed by atoms with Crippen molar-refractivity contribution in [3.8, 4) is 11.1 Å². The van der Waals surface area contributed by atoms with Gasteiger partial charge < -0.3 is 14.7 Å². The normalized spacial score (nSPS) is 15.1. The van der Waals surface area contributed by atoms with E-state index in [-0.39, 0.29) is 5.92 Å². The SMILES string of the molecule is N/N=C(\N=C(c1ccc2c(c1)oc1ccccc12)C1C=CC(c2ccccc2)=CC1)c1cccc2oc3cccc(-c4cccc5sc6c7ccccc7ccc6c45)c3c12. The van der Waals surface area contributed by atoms with Crippen molar-refractivity contribution >= 4 is 103 Å². The summed E-state index contributed by atoms with van der Waals surface area (Å²) in [6, 6.07) is 57.2. The van der Waals surface area contributed by atoms with Gasteiger partial charge in [-0.1, -0.05) is 146 Å². The molecule has 1 unspecified atom stereocenters. The zero-order valence-corrected chi connectivity index (χ0v) is 33.1. The van der Waals surface area contributed by atoms with Gasteiger partial charge >= 0.3 is 0 Å². The van der Waals surface area contributed by atoms with Gasteiger partial charge in [0.1, 0.15) is 22.3 Å². The third kappa shape index (κ3) is 5.45. The van der Waals surface area contributed by atoms with E-state index in [1.807, 2.05) is 53.8 Å². The molecule has 1 aliphatic rings. The fourth-order valence-electron chi connectivity index (χ4n) is 9.24. The summed E-state index contributed by atoms with van der Waals surface area (Å²) < 4.78 is 15.6. The standard InChI is InChI=1S/C54H35N3O2S/c55-57-54(56-52(35-25-23-33(24-26-35)32-11-2-1-3-12-32)36-28-29-39-38-15-6-7-19-44(38)58-47(39)31-36)43-18-9-21-46-51(43)50-41(16-8-20-45(50)59-46)40-17-10-22-48-49(40)42-30-27-34-13-4-5-14-37(34)53(42)60-48/h1-25,27-31,35H,26,55H2/b56-52?,57-54-. The molecule has 12 rings (SSSR count). The van der Waals surface area contributed by atoms with Gasteiger partial charge in [0, 0.05) is 58.8 Å². The number of fused-ring (bicyclic) bond motifs is 11. The number of hydrazone groups is 1. The molecule has 0 saturated heterocycles. The Morgan fingerprint density at radius 2 is 1.28 bits per heavy atom. The molecule has 1 aliphatic carbocycles. The first-order valence-electron chi connectivity index (χ1n) is 20.2. The number of furan rings is 2. The number of hydrogen-bond acceptors (Lipinski definition) is 5. The number of amidine groups is 1. The quantitative estimate of drug-likeness (QED) is 0.0816. The van der Waals surface area contributed by atoms with Crippen LogP contribution in [-0.2, 0) is 0 Å². The molecule has 0 spiro atoms. The molecule has 0 fully saturated rings. The molecular formula is C54H35N3O2S. The number of nitrogens with two attached hydrogens (primary N) is 1. The highest BCUT2D eigenvalue weighted by molar-refractivity contribution is 7.26. The van der Waals surface area contributed by atoms with Gasteiger partial charge in [-0.2, -0.15) is 5.10 Å². The summed E-state index contributed by atoms with van der Waals surface area (Å²) in [7, 11) is 0. The maximum Gasteiger partial charge on any atom is 0.179 e. The number of rotatable bonds is 5. The van der Waals surface area contributed by atoms with E-state index < -0.39 is 0 Å². The predicted molar refractivity (Wildman–Crippen MR) is 252 cm³/mol. The van der Waals surface area contributed by atoms with Gasteiger partial charge in [-0.25, -0.2) is 4.99 Å². The van der Waals surface area contributed by atoms with Crippen molar-refractivity contribution in [2.45, 2.75) is 6.42 Å². The Hall–Kier alpha value is -7.54. The zero-order chi connectivity index (χ0) is 39.7. The van der Waals surface area contributed by atoms with E-state index in [0.29, 0.717) is 5.84 Å². The van der Waals surface area contributed by atoms with Gasteiger partial charge in [-0.05, 0) is 75.9 Å². The summed E-state index contributed by atoms with van der Waals surface area (Å²) in [5.74, 6) is 6.80. The van der Waals surface area contributed by atoms with Crippen LogP contribution in [-0.4, -0.2) is 11.5 Å². The van der Waals surface area contributed by atoms with E-state index in [1.165, 1.54) is 42.1 Å². The fraction of sp³-hybridized carbons (Fsp3) is 0.0370. The van der Waals surface area contributed by atoms with Crippen LogP contribution in [0.2, 0.25) is 0 Å². The second kappa shape index (κ2) is 13.8. The topological polar surface area (TPSA) is 77.0 Å². The van der Waals surface area contributed by atoms with Crippen LogP contribution in [0.4, 0.5) is 0 Å². The number of benzene rings is 8. The fourth-order valence-corrected chi connectivity index (χ4v) is 10.5. The Morgan fingerprint density at radius 3 is 2.13 bits per heavy atom. The van der Waals surface area contributed by atoms with E-state index in [2.05, 4.69) is 145 Å². The average molecular weight is 790 g/mol. The van der Waals surface area contributed by atoms with E-state index >= 15 is 0 Å². The van der Waals surface area contributed by atoms with Gasteiger partial charge in [-0.15, -0.1) is 11.3 Å². The second-order valence-electron chi connectivity index (χ2n) is 15.4. The van der Waals surface area contributed by atoms with Crippen molar-refractivity contribution in [1.82, 2.24) is 0 Å². The van der Waals surface area contributed by atoms with Gasteiger partial charge in [0.25, 0.3) is 0 Å². The molecule has 3 aromatic heterocycles. The summed E-state index contributed by atoms with van der Waals surface area (Å²) in [4.78, 5) is 5.45. The molecule has 1 atom stereocenters. The van der Waals surface area contributed by atoms with Crippen molar-refractivity contribution in [3.63, 3.8) is 0 Å². The minimum absolute atomic E-state index is 0.0487. The number of allylic oxidation sites excluding steroid dienone is 4. The summed E-state index contributed by atoms with van der Waals surface area (Å²) in [6.45, 7) is 0. The van der Waals surface area contributed by atoms with Crippen LogP contribution < -0.4 is 5.84 Å². The monoisotopic (exact) mass is 789 g/mol. The molecule has 0 amide bonds. The highest BCUT2D eigenvalue weighted by Crippen LogP contribution is 2.46. The molecule has 0 saturated carbocycles. The maximum atomic E-state index is 6.65. The third-order valence-corrected chi connectivity index (χ3v) is 13.2. The minimum atomic E-state index is -0.0487. The summed E-state index contributed by atoms with van der Waals surface area (Å²) in [6.07, 6.45) is 7.50. The van der Waals surface area contributed by atoms with Crippen molar-refractivity contribution in [2.75, 3.05) is 0 Å². The zero-order valence-electron chi connectivity index (χ0n) is 32.3. The van der Waals surface area contributed by atoms with E-state index in [4.69, 9.17) is 19.7 Å². The smallest absolute Gasteiger partial charge is 0.179 e. The molecule has 5 nitrogen and oxygen atoms in total. The van der Waals surface area contributed by atoms with E-state index in [0.717, 1.165) is 78.3 Å². The van der Waals surface area contributed by atoms with Crippen molar-refractivity contribution < 1.29 is 8.83 Å². The highest BCUT2D eigenvalue weighted by Gasteiger charge is 2.24. The lowest BCUT2D eigenvalue weighted by Crippen LogP contribution is -2.18. The van der Waals surface area contributed by atoms with Crippen LogP contribution in [0.1, 0.15) is 23.1 Å². The van der Waals surface area contributed by atoms with Gasteiger partial charge in [0.15, 0.2) is 5.84 Å². The number of nitrogens with zero attached hydrogens (tertiary/aromatic N) is 2. The Morgan fingerprint density at radius 1 is 0.583 bits per heavy atom. The molecule has 3 heterocycles. The van der Waals surface area contributed by atoms with Gasteiger partial charge in [-0.3, -0.25) is 0 Å². The molecule has 60 heavy (non-hydrogen) atoms. The Balaban J connectivity index is 1.05. The first kappa shape index (κ1) is 34.5. The molecule has 284 valence electrons. The second-order valence-corrected chi connectivity index (χ2v) is 16.4. The van der Waals surface area contributed by atoms with Crippen LogP contribution >= 0.6 is 11.3 Å². The first-order valence-corrected chi connectivity index (χ1v) is 21.0. The number of aliphatic imine (C=N–C) groups is 1. The van der Waals surface area contributed by atoms with Gasteiger partial charge in [0.2, 0.25) is 0 Å². The van der Waals surface area contributed by atoms with Crippen molar-refractivity contribution in [3.05, 3.63) is 199 Å². The van der Waals surface area contributed by atoms with Crippen LogP contribution in [0, 0.1) is 5.92 Å². The molecular weight excluding hydrogens is 755 g/mol. The average Bonchev–Trinajstić information content (AvgIpc) is 4.01. The van der Waals surface area contributed by atoms with Crippen LogP contribution in [0.25, 0.3) is 91.5 Å². The maximum absolute atomic E-state index is 6.65. The highest BCUT2D eigenvalue weighted by atomic mass is 32.1. The molecule has 0 bridgehead atoms. The number of thiophene rings is 1. The van der Waals surface area contributed by atoms with Gasteiger partial charge in [0.05, 0.1) is 5.71 Å². The molecule has 0 aliphatic heterocycles. The van der Waals surface area contributed by atoms with Crippen LogP contribution in [0.15, 0.2) is 201 Å². The minimum Gasteiger partial charge on any atom is -0.456 e. The Bertz CT molecular complexity index is 3660. The van der Waals surface area contributed by atoms with Crippen molar-refractivity contribution in [1.29, 1.82) is 0 Å². The first-order chi connectivity index (χ1) is 29.7. The molecule has 11 aromatic rings. The molecule has 6 heteroatoms. The summed E-state index contributed by atoms with van der Waals surface area (Å²) >= 11 is 1.85. The summed E-state index contributed by atoms with van der Waals surface area (Å²) in [5.41, 5.74) is 10.4. The molecule has 8 aromatic carbocycles. The lowest BCUT2D eigenvalue weighted by molar-refractivity contribution is 0.668. The lowest BCUT2D eigenvalue weighted by Gasteiger charge is -2.20. The van der Waals surface area contributed by atoms with Crippen LogP contribution in [0.3, 0.4) is 0 Å². The van der Waals surface area contributed by atoms with Crippen molar-refractivity contribution in [2.24, 2.45) is 21.9 Å². The van der Waals surface area contributed by atoms with Crippen LogP contribution in [0.5, 0.6) is 0 Å². The molecule has 2 N–H and O–H groups in total. The Labute approximate surface area is 348 Å². The Kier molecular flexibility index (Phi) is 7.93. The van der Waals surface area contributed by atoms with E-state index in [1.54, 1.807) is 0 Å². The lowest BCUT2D eigenvalue weighted by atomic mass is 9.87. The largest absolute Gasteiger partial charge is 0.456 e. The number of para-hydroxylation sites is 1. The summed E-state index contributed by atoms with van der Waals surface area (Å²) in [5, 5.41) is 13.5.